The Labute approximate surface area is 113 Å². The van der Waals surface area contributed by atoms with E-state index in [-0.39, 0.29) is 11.6 Å². The predicted octanol–water partition coefficient (Wildman–Crippen LogP) is 3.85. The summed E-state index contributed by atoms with van der Waals surface area (Å²) >= 11 is 3.37. The minimum absolute atomic E-state index is 0.0967. The minimum atomic E-state index is -0.440. The maximum Gasteiger partial charge on any atom is 0.180 e. The van der Waals surface area contributed by atoms with Crippen LogP contribution in [0.25, 0.3) is 0 Å². The molecule has 0 spiro atoms. The molecule has 1 aromatic carbocycles. The van der Waals surface area contributed by atoms with Crippen molar-refractivity contribution in [1.29, 1.82) is 0 Å². The number of ketones is 1. The van der Waals surface area contributed by atoms with E-state index >= 15 is 0 Å². The van der Waals surface area contributed by atoms with Crippen molar-refractivity contribution in [1.82, 2.24) is 4.98 Å². The maximum absolute atomic E-state index is 12.8. The number of halogens is 2. The van der Waals surface area contributed by atoms with E-state index in [4.69, 9.17) is 0 Å². The first kappa shape index (κ1) is 12.9. The van der Waals surface area contributed by atoms with Crippen molar-refractivity contribution in [2.75, 3.05) is 0 Å². The molecular weight excluding hydrogens is 297 g/mol. The molecule has 1 heterocycles. The lowest BCUT2D eigenvalue weighted by molar-refractivity contribution is 0.0991. The Morgan fingerprint density at radius 3 is 2.56 bits per heavy atom. The molecule has 0 unspecified atom stereocenters. The molecule has 2 rings (SSSR count). The Hall–Kier alpha value is -1.55. The van der Waals surface area contributed by atoms with Crippen molar-refractivity contribution in [2.45, 2.75) is 11.8 Å². The second-order valence-electron chi connectivity index (χ2n) is 3.96. The molecule has 0 saturated carbocycles. The molecular formula is C14H11BrFNO. The fourth-order valence-electron chi connectivity index (χ4n) is 1.64. The summed E-state index contributed by atoms with van der Waals surface area (Å²) in [6, 6.07) is 9.17. The first-order chi connectivity index (χ1) is 8.58. The van der Waals surface area contributed by atoms with Crippen molar-refractivity contribution in [2.24, 2.45) is 0 Å². The van der Waals surface area contributed by atoms with Crippen molar-refractivity contribution in [3.63, 3.8) is 0 Å². The molecule has 0 radical (unpaired) electrons. The zero-order valence-corrected chi connectivity index (χ0v) is 11.3. The van der Waals surface area contributed by atoms with Gasteiger partial charge in [-0.2, -0.15) is 0 Å². The summed E-state index contributed by atoms with van der Waals surface area (Å²) in [7, 11) is 0. The molecule has 0 aliphatic carbocycles. The third-order valence-electron chi connectivity index (χ3n) is 2.57. The van der Waals surface area contributed by atoms with Gasteiger partial charge in [0.25, 0.3) is 0 Å². The van der Waals surface area contributed by atoms with Gasteiger partial charge in [-0.25, -0.2) is 4.39 Å². The molecule has 1 aromatic heterocycles. The fraction of sp³-hybridized carbons (Fsp3) is 0.143. The van der Waals surface area contributed by atoms with E-state index in [1.807, 2.05) is 13.0 Å². The average Bonchev–Trinajstić information content (AvgIpc) is 2.38. The molecule has 0 fully saturated rings. The van der Waals surface area contributed by atoms with Gasteiger partial charge in [0, 0.05) is 17.5 Å². The number of carbonyl (C=O) groups is 1. The standard InChI is InChI=1S/C14H11BrFNO/c1-9-8-11(6-7-17-9)13(15)14(18)10-2-4-12(16)5-3-10/h2-8,13H,1H3/t13-/m0/s1. The topological polar surface area (TPSA) is 30.0 Å². The summed E-state index contributed by atoms with van der Waals surface area (Å²) in [5.74, 6) is -0.446. The predicted molar refractivity (Wildman–Crippen MR) is 71.4 cm³/mol. The second kappa shape index (κ2) is 5.40. The molecule has 4 heteroatoms. The highest BCUT2D eigenvalue weighted by Crippen LogP contribution is 2.27. The summed E-state index contributed by atoms with van der Waals surface area (Å²) in [6.45, 7) is 1.87. The monoisotopic (exact) mass is 307 g/mol. The lowest BCUT2D eigenvalue weighted by atomic mass is 10.0. The van der Waals surface area contributed by atoms with Gasteiger partial charge in [0.1, 0.15) is 10.6 Å². The Kier molecular flexibility index (Phi) is 3.87. The van der Waals surface area contributed by atoms with Crippen LogP contribution in [-0.2, 0) is 0 Å². The van der Waals surface area contributed by atoms with Crippen molar-refractivity contribution < 1.29 is 9.18 Å². The van der Waals surface area contributed by atoms with E-state index in [1.54, 1.807) is 12.3 Å². The normalized spacial score (nSPS) is 12.2. The Morgan fingerprint density at radius 2 is 1.94 bits per heavy atom. The van der Waals surface area contributed by atoms with Crippen LogP contribution in [0.5, 0.6) is 0 Å². The van der Waals surface area contributed by atoms with Crippen LogP contribution in [0.15, 0.2) is 42.6 Å². The first-order valence-corrected chi connectivity index (χ1v) is 6.36. The Bertz CT molecular complexity index is 568. The molecule has 18 heavy (non-hydrogen) atoms. The quantitative estimate of drug-likeness (QED) is 0.637. The number of rotatable bonds is 3. The van der Waals surface area contributed by atoms with Crippen LogP contribution in [0.3, 0.4) is 0 Å². The number of hydrogen-bond acceptors (Lipinski definition) is 2. The highest BCUT2D eigenvalue weighted by atomic mass is 79.9. The van der Waals surface area contributed by atoms with Gasteiger partial charge >= 0.3 is 0 Å². The van der Waals surface area contributed by atoms with E-state index < -0.39 is 4.83 Å². The van der Waals surface area contributed by atoms with Crippen LogP contribution in [0.2, 0.25) is 0 Å². The lowest BCUT2D eigenvalue weighted by Crippen LogP contribution is -2.07. The highest BCUT2D eigenvalue weighted by molar-refractivity contribution is 9.09. The van der Waals surface area contributed by atoms with E-state index in [9.17, 15) is 9.18 Å². The van der Waals surface area contributed by atoms with Gasteiger partial charge in [0.05, 0.1) is 0 Å². The van der Waals surface area contributed by atoms with E-state index in [2.05, 4.69) is 20.9 Å². The number of Topliss-reactive ketones (excluding diaryl/α,β-unsaturated/α-hetero) is 1. The van der Waals surface area contributed by atoms with Crippen LogP contribution < -0.4 is 0 Å². The molecule has 0 bridgehead atoms. The van der Waals surface area contributed by atoms with Crippen LogP contribution in [0, 0.1) is 12.7 Å². The van der Waals surface area contributed by atoms with Gasteiger partial charge in [-0.3, -0.25) is 9.78 Å². The fourth-order valence-corrected chi connectivity index (χ4v) is 2.19. The number of aromatic nitrogens is 1. The smallest absolute Gasteiger partial charge is 0.180 e. The van der Waals surface area contributed by atoms with E-state index in [1.165, 1.54) is 24.3 Å². The van der Waals surface area contributed by atoms with Crippen LogP contribution >= 0.6 is 15.9 Å². The number of nitrogens with zero attached hydrogens (tertiary/aromatic N) is 1. The van der Waals surface area contributed by atoms with Crippen LogP contribution in [0.1, 0.15) is 26.4 Å². The number of aryl methyl sites for hydroxylation is 1. The summed E-state index contributed by atoms with van der Waals surface area (Å²) in [5.41, 5.74) is 2.17. The first-order valence-electron chi connectivity index (χ1n) is 5.44. The van der Waals surface area contributed by atoms with Crippen molar-refractivity contribution >= 4 is 21.7 Å². The number of pyridine rings is 1. The minimum Gasteiger partial charge on any atom is -0.293 e. The molecule has 92 valence electrons. The summed E-state index contributed by atoms with van der Waals surface area (Å²) in [6.07, 6.45) is 1.66. The average molecular weight is 308 g/mol. The van der Waals surface area contributed by atoms with Gasteiger partial charge in [0.15, 0.2) is 5.78 Å². The lowest BCUT2D eigenvalue weighted by Gasteiger charge is -2.09. The third-order valence-corrected chi connectivity index (χ3v) is 3.52. The molecule has 0 saturated heterocycles. The molecule has 0 amide bonds. The number of carbonyl (C=O) groups excluding carboxylic acids is 1. The molecule has 2 aromatic rings. The molecule has 1 atom stereocenters. The van der Waals surface area contributed by atoms with Gasteiger partial charge in [-0.05, 0) is 48.9 Å². The molecule has 2 nitrogen and oxygen atoms in total. The largest absolute Gasteiger partial charge is 0.293 e. The number of hydrogen-bond donors (Lipinski definition) is 0. The Balaban J connectivity index is 2.26. The van der Waals surface area contributed by atoms with Crippen LogP contribution in [-0.4, -0.2) is 10.8 Å². The molecule has 0 aliphatic rings. The number of benzene rings is 1. The second-order valence-corrected chi connectivity index (χ2v) is 4.88. The van der Waals surface area contributed by atoms with Crippen molar-refractivity contribution in [3.8, 4) is 0 Å². The number of alkyl halides is 1. The highest BCUT2D eigenvalue weighted by Gasteiger charge is 2.19. The van der Waals surface area contributed by atoms with E-state index in [0.29, 0.717) is 5.56 Å². The summed E-state index contributed by atoms with van der Waals surface area (Å²) < 4.78 is 12.8. The zero-order chi connectivity index (χ0) is 13.1. The SMILES string of the molecule is Cc1cc([C@H](Br)C(=O)c2ccc(F)cc2)ccn1. The van der Waals surface area contributed by atoms with Crippen LogP contribution in [0.4, 0.5) is 4.39 Å². The maximum atomic E-state index is 12.8. The molecule has 0 N–H and O–H groups in total. The van der Waals surface area contributed by atoms with Gasteiger partial charge in [-0.15, -0.1) is 0 Å². The zero-order valence-electron chi connectivity index (χ0n) is 9.73. The van der Waals surface area contributed by atoms with Crippen molar-refractivity contribution in [3.05, 3.63) is 65.2 Å². The summed E-state index contributed by atoms with van der Waals surface area (Å²) in [5, 5.41) is 0. The van der Waals surface area contributed by atoms with Gasteiger partial charge in [0.2, 0.25) is 0 Å². The van der Waals surface area contributed by atoms with E-state index in [0.717, 1.165) is 11.3 Å². The molecule has 0 aliphatic heterocycles. The third kappa shape index (κ3) is 2.82. The van der Waals surface area contributed by atoms with Gasteiger partial charge < -0.3 is 0 Å². The summed E-state index contributed by atoms with van der Waals surface area (Å²) in [4.78, 5) is 15.8. The van der Waals surface area contributed by atoms with Gasteiger partial charge in [-0.1, -0.05) is 15.9 Å². The Morgan fingerprint density at radius 1 is 1.28 bits per heavy atom.